The number of fused-ring (bicyclic) bond motifs is 1. The van der Waals surface area contributed by atoms with Gasteiger partial charge in [0.05, 0.1) is 13.2 Å². The molecule has 0 aromatic heterocycles. The molecule has 3 aliphatic heterocycles. The highest BCUT2D eigenvalue weighted by molar-refractivity contribution is 5.70. The summed E-state index contributed by atoms with van der Waals surface area (Å²) in [5.74, 6) is -2.20. The average molecular weight is 335 g/mol. The van der Waals surface area contributed by atoms with Crippen LogP contribution in [0.25, 0.3) is 0 Å². The van der Waals surface area contributed by atoms with E-state index >= 15 is 0 Å². The molecule has 1 aromatic rings. The third-order valence-corrected chi connectivity index (χ3v) is 4.62. The summed E-state index contributed by atoms with van der Waals surface area (Å²) in [6, 6.07) is 9.61. The summed E-state index contributed by atoms with van der Waals surface area (Å²) in [5, 5.41) is 10.7. The Morgan fingerprint density at radius 3 is 2.75 bits per heavy atom. The van der Waals surface area contributed by atoms with Crippen LogP contribution in [0, 0.1) is 0 Å². The van der Waals surface area contributed by atoms with Crippen LogP contribution in [0.3, 0.4) is 0 Å². The van der Waals surface area contributed by atoms with E-state index in [-0.39, 0.29) is 19.3 Å². The number of rotatable bonds is 2. The molecule has 7 nitrogen and oxygen atoms in total. The topological polar surface area (TPSA) is 77.5 Å². The molecule has 24 heavy (non-hydrogen) atoms. The number of hydrogen-bond donors (Lipinski definition) is 1. The highest BCUT2D eigenvalue weighted by Crippen LogP contribution is 2.41. The zero-order valence-electron chi connectivity index (χ0n) is 13.7. The third-order valence-electron chi connectivity index (χ3n) is 4.62. The Labute approximate surface area is 140 Å². The predicted molar refractivity (Wildman–Crippen MR) is 81.8 cm³/mol. The van der Waals surface area contributed by atoms with Crippen molar-refractivity contribution in [3.05, 3.63) is 35.9 Å². The highest BCUT2D eigenvalue weighted by Gasteiger charge is 2.62. The van der Waals surface area contributed by atoms with Crippen LogP contribution in [0.2, 0.25) is 0 Å². The SMILES string of the molecule is CC1(C)O[C@@H]2[C@@H](CO[C@]3(CN(Cc4ccccc4)C(=O)O3)[C@H]2O)O1. The molecule has 3 fully saturated rings. The number of carbonyl (C=O) groups excluding carboxylic acids is 1. The molecule has 4 rings (SSSR count). The number of nitrogens with zero attached hydrogens (tertiary/aromatic N) is 1. The van der Waals surface area contributed by atoms with Gasteiger partial charge in [0.25, 0.3) is 5.79 Å². The molecule has 0 radical (unpaired) electrons. The van der Waals surface area contributed by atoms with E-state index in [9.17, 15) is 9.90 Å². The average Bonchev–Trinajstić information content (AvgIpc) is 3.02. The Kier molecular flexibility index (Phi) is 3.58. The summed E-state index contributed by atoms with van der Waals surface area (Å²) < 4.78 is 22.7. The molecule has 0 unspecified atom stereocenters. The molecule has 0 saturated carbocycles. The molecule has 1 amide bonds. The molecule has 1 aromatic carbocycles. The summed E-state index contributed by atoms with van der Waals surface area (Å²) in [4.78, 5) is 13.8. The minimum absolute atomic E-state index is 0.148. The largest absolute Gasteiger partial charge is 0.412 e. The van der Waals surface area contributed by atoms with E-state index in [1.165, 1.54) is 4.90 Å². The van der Waals surface area contributed by atoms with Crippen LogP contribution in [0.1, 0.15) is 19.4 Å². The van der Waals surface area contributed by atoms with Crippen LogP contribution in [-0.4, -0.2) is 59.1 Å². The molecule has 0 bridgehead atoms. The van der Waals surface area contributed by atoms with Crippen molar-refractivity contribution in [2.45, 2.75) is 50.3 Å². The Balaban J connectivity index is 1.51. The van der Waals surface area contributed by atoms with Crippen LogP contribution in [0.15, 0.2) is 30.3 Å². The van der Waals surface area contributed by atoms with Gasteiger partial charge in [-0.15, -0.1) is 0 Å². The van der Waals surface area contributed by atoms with Crippen molar-refractivity contribution in [1.82, 2.24) is 4.90 Å². The van der Waals surface area contributed by atoms with Gasteiger partial charge in [-0.1, -0.05) is 30.3 Å². The number of amides is 1. The number of benzene rings is 1. The fourth-order valence-corrected chi connectivity index (χ4v) is 3.55. The first-order valence-corrected chi connectivity index (χ1v) is 8.08. The van der Waals surface area contributed by atoms with E-state index < -0.39 is 29.9 Å². The third kappa shape index (κ3) is 2.57. The van der Waals surface area contributed by atoms with Crippen molar-refractivity contribution < 1.29 is 28.8 Å². The van der Waals surface area contributed by atoms with Gasteiger partial charge < -0.3 is 24.1 Å². The second-order valence-corrected chi connectivity index (χ2v) is 6.92. The van der Waals surface area contributed by atoms with Crippen molar-refractivity contribution in [2.75, 3.05) is 13.2 Å². The lowest BCUT2D eigenvalue weighted by molar-refractivity contribution is -0.287. The zero-order valence-corrected chi connectivity index (χ0v) is 13.7. The minimum atomic E-state index is -1.41. The first-order chi connectivity index (χ1) is 11.4. The van der Waals surface area contributed by atoms with Gasteiger partial charge >= 0.3 is 6.09 Å². The Hall–Kier alpha value is -1.67. The van der Waals surface area contributed by atoms with Crippen molar-refractivity contribution in [1.29, 1.82) is 0 Å². The maximum Gasteiger partial charge on any atom is 0.412 e. The van der Waals surface area contributed by atoms with Crippen LogP contribution >= 0.6 is 0 Å². The summed E-state index contributed by atoms with van der Waals surface area (Å²) in [7, 11) is 0. The monoisotopic (exact) mass is 335 g/mol. The van der Waals surface area contributed by atoms with Gasteiger partial charge in [-0.25, -0.2) is 4.79 Å². The standard InChI is InChI=1S/C17H21NO6/c1-16(2)22-12-9-21-17(14(19)13(12)23-16)10-18(15(20)24-17)8-11-6-4-3-5-7-11/h3-7,12-14,19H,8-10H2,1-2H3/t12-,13-,14+,17+/m1/s1. The van der Waals surface area contributed by atoms with E-state index in [2.05, 4.69) is 0 Å². The fourth-order valence-electron chi connectivity index (χ4n) is 3.55. The molecule has 1 N–H and O–H groups in total. The molecule has 3 heterocycles. The lowest BCUT2D eigenvalue weighted by Gasteiger charge is -2.40. The normalized spacial score (nSPS) is 37.5. The number of hydrogen-bond acceptors (Lipinski definition) is 6. The quantitative estimate of drug-likeness (QED) is 0.876. The number of ether oxygens (including phenoxy) is 4. The second kappa shape index (κ2) is 5.42. The van der Waals surface area contributed by atoms with Crippen molar-refractivity contribution in [3.63, 3.8) is 0 Å². The van der Waals surface area contributed by atoms with E-state index in [1.807, 2.05) is 30.3 Å². The van der Waals surface area contributed by atoms with Gasteiger partial charge in [-0.2, -0.15) is 0 Å². The first kappa shape index (κ1) is 15.8. The van der Waals surface area contributed by atoms with Gasteiger partial charge in [0, 0.05) is 6.54 Å². The summed E-state index contributed by atoms with van der Waals surface area (Å²) in [6.45, 7) is 4.32. The molecule has 3 aliphatic rings. The number of aliphatic hydroxyl groups excluding tert-OH is 1. The van der Waals surface area contributed by atoms with Gasteiger partial charge in [0.15, 0.2) is 11.9 Å². The first-order valence-electron chi connectivity index (χ1n) is 8.08. The second-order valence-electron chi connectivity index (χ2n) is 6.92. The van der Waals surface area contributed by atoms with Crippen molar-refractivity contribution in [3.8, 4) is 0 Å². The van der Waals surface area contributed by atoms with E-state index in [1.54, 1.807) is 13.8 Å². The van der Waals surface area contributed by atoms with Crippen LogP contribution < -0.4 is 0 Å². The van der Waals surface area contributed by atoms with Crippen LogP contribution in [-0.2, 0) is 25.5 Å². The smallest absolute Gasteiger partial charge is 0.412 e. The molecule has 130 valence electrons. The molecule has 1 spiro atoms. The van der Waals surface area contributed by atoms with Gasteiger partial charge in [-0.05, 0) is 19.4 Å². The van der Waals surface area contributed by atoms with E-state index in [0.29, 0.717) is 6.54 Å². The van der Waals surface area contributed by atoms with Crippen LogP contribution in [0.5, 0.6) is 0 Å². The number of aliphatic hydroxyl groups is 1. The molecule has 4 atom stereocenters. The minimum Gasteiger partial charge on any atom is -0.412 e. The maximum atomic E-state index is 12.3. The van der Waals surface area contributed by atoms with Gasteiger partial charge in [0.2, 0.25) is 0 Å². The van der Waals surface area contributed by atoms with E-state index in [0.717, 1.165) is 5.56 Å². The molecule has 0 aliphatic carbocycles. The summed E-state index contributed by atoms with van der Waals surface area (Å²) >= 11 is 0. The van der Waals surface area contributed by atoms with Crippen molar-refractivity contribution >= 4 is 6.09 Å². The van der Waals surface area contributed by atoms with Gasteiger partial charge in [-0.3, -0.25) is 4.90 Å². The molecular weight excluding hydrogens is 314 g/mol. The maximum absolute atomic E-state index is 12.3. The molecule has 7 heteroatoms. The van der Waals surface area contributed by atoms with Gasteiger partial charge in [0.1, 0.15) is 12.2 Å². The zero-order chi connectivity index (χ0) is 16.9. The Morgan fingerprint density at radius 2 is 2.00 bits per heavy atom. The fraction of sp³-hybridized carbons (Fsp3) is 0.588. The Morgan fingerprint density at radius 1 is 1.25 bits per heavy atom. The Bertz CT molecular complexity index is 635. The molecule has 3 saturated heterocycles. The van der Waals surface area contributed by atoms with Crippen LogP contribution in [0.4, 0.5) is 4.79 Å². The molecular formula is C17H21NO6. The van der Waals surface area contributed by atoms with E-state index in [4.69, 9.17) is 18.9 Å². The summed E-state index contributed by atoms with van der Waals surface area (Å²) in [5.41, 5.74) is 0.983. The highest BCUT2D eigenvalue weighted by atomic mass is 16.8. The number of carbonyl (C=O) groups is 1. The van der Waals surface area contributed by atoms with Crippen molar-refractivity contribution in [2.24, 2.45) is 0 Å². The summed E-state index contributed by atoms with van der Waals surface area (Å²) in [6.07, 6.45) is -2.57. The lowest BCUT2D eigenvalue weighted by atomic mass is 9.97. The predicted octanol–water partition coefficient (Wildman–Crippen LogP) is 1.25. The lowest BCUT2D eigenvalue weighted by Crippen LogP contribution is -2.61.